The maximum absolute atomic E-state index is 12.0. The molecule has 0 fully saturated rings. The summed E-state index contributed by atoms with van der Waals surface area (Å²) in [5.74, 6) is -0.175. The number of halogens is 3. The first kappa shape index (κ1) is 19.5. The van der Waals surface area contributed by atoms with Gasteiger partial charge in [-0.2, -0.15) is 0 Å². The average Bonchev–Trinajstić information content (AvgIpc) is 2.30. The third-order valence-corrected chi connectivity index (χ3v) is 3.76. The van der Waals surface area contributed by atoms with Crippen LogP contribution in [0.4, 0.5) is 0 Å². The lowest BCUT2D eigenvalue weighted by Gasteiger charge is -2.27. The number of hydrogen-bond donors (Lipinski definition) is 2. The Kier molecular flexibility index (Phi) is 7.33. The van der Waals surface area contributed by atoms with Crippen molar-refractivity contribution in [1.82, 2.24) is 5.32 Å². The third-order valence-electron chi connectivity index (χ3n) is 3.02. The Bertz CT molecular complexity index is 472. The molecule has 3 N–H and O–H groups in total. The monoisotopic (exact) mass is 338 g/mol. The Morgan fingerprint density at radius 2 is 1.80 bits per heavy atom. The van der Waals surface area contributed by atoms with Crippen molar-refractivity contribution < 1.29 is 4.79 Å². The quantitative estimate of drug-likeness (QED) is 0.875. The largest absolute Gasteiger partial charge is 0.348 e. The molecular formula is C14H21Cl3N2O. The summed E-state index contributed by atoms with van der Waals surface area (Å²) in [5.41, 5.74) is 6.53. The minimum Gasteiger partial charge on any atom is -0.348 e. The fourth-order valence-electron chi connectivity index (χ4n) is 1.56. The number of nitrogens with one attached hydrogen (secondary N) is 1. The highest BCUT2D eigenvalue weighted by atomic mass is 35.5. The molecule has 1 rings (SSSR count). The number of carbonyl (C=O) groups is 1. The molecule has 2 atom stereocenters. The second-order valence-corrected chi connectivity index (χ2v) is 6.56. The minimum absolute atomic E-state index is 0. The van der Waals surface area contributed by atoms with Gasteiger partial charge >= 0.3 is 0 Å². The average molecular weight is 340 g/mol. The van der Waals surface area contributed by atoms with E-state index in [-0.39, 0.29) is 29.8 Å². The fraction of sp³-hybridized carbons (Fsp3) is 0.500. The lowest BCUT2D eigenvalue weighted by atomic mass is 9.86. The summed E-state index contributed by atoms with van der Waals surface area (Å²) in [5, 5.41) is 3.85. The number of hydrogen-bond acceptors (Lipinski definition) is 2. The number of benzene rings is 1. The molecule has 0 heterocycles. The van der Waals surface area contributed by atoms with Crippen molar-refractivity contribution in [3.63, 3.8) is 0 Å². The lowest BCUT2D eigenvalue weighted by Crippen LogP contribution is -2.49. The van der Waals surface area contributed by atoms with E-state index in [1.807, 2.05) is 33.8 Å². The molecule has 20 heavy (non-hydrogen) atoms. The van der Waals surface area contributed by atoms with Gasteiger partial charge in [0.1, 0.15) is 0 Å². The third kappa shape index (κ3) is 5.13. The normalized spacial score (nSPS) is 14.2. The van der Waals surface area contributed by atoms with Crippen LogP contribution in [-0.4, -0.2) is 11.9 Å². The van der Waals surface area contributed by atoms with Gasteiger partial charge in [-0.1, -0.05) is 50.0 Å². The van der Waals surface area contributed by atoms with E-state index in [9.17, 15) is 4.79 Å². The maximum Gasteiger partial charge on any atom is 0.237 e. The van der Waals surface area contributed by atoms with E-state index in [4.69, 9.17) is 28.9 Å². The van der Waals surface area contributed by atoms with Crippen LogP contribution in [-0.2, 0) is 4.79 Å². The van der Waals surface area contributed by atoms with Crippen molar-refractivity contribution in [2.75, 3.05) is 0 Å². The van der Waals surface area contributed by atoms with Crippen molar-refractivity contribution in [1.29, 1.82) is 0 Å². The molecule has 0 radical (unpaired) electrons. The second kappa shape index (κ2) is 7.51. The first-order valence-corrected chi connectivity index (χ1v) is 6.89. The number of carbonyl (C=O) groups excluding carboxylic acids is 1. The van der Waals surface area contributed by atoms with Crippen LogP contribution in [0, 0.1) is 5.41 Å². The number of nitrogens with two attached hydrogens (primary N) is 1. The minimum atomic E-state index is -0.558. The molecule has 1 aromatic carbocycles. The molecule has 114 valence electrons. The van der Waals surface area contributed by atoms with Crippen LogP contribution >= 0.6 is 35.6 Å². The highest BCUT2D eigenvalue weighted by Crippen LogP contribution is 2.26. The van der Waals surface area contributed by atoms with Gasteiger partial charge in [-0.3, -0.25) is 4.79 Å². The van der Waals surface area contributed by atoms with Crippen LogP contribution in [0.25, 0.3) is 0 Å². The van der Waals surface area contributed by atoms with Gasteiger partial charge in [0.25, 0.3) is 0 Å². The summed E-state index contributed by atoms with van der Waals surface area (Å²) in [6, 6.07) is 4.57. The standard InChI is InChI=1S/C14H20Cl2N2O.ClH/c1-8(9-5-6-10(15)11(16)7-9)18-13(19)12(17)14(2,3)4;/h5-8,12H,17H2,1-4H3,(H,18,19);1H/t8?,12-;/m1./s1. The second-order valence-electron chi connectivity index (χ2n) is 5.75. The Morgan fingerprint density at radius 3 is 2.25 bits per heavy atom. The van der Waals surface area contributed by atoms with Crippen LogP contribution in [0.15, 0.2) is 18.2 Å². The molecule has 0 aromatic heterocycles. The van der Waals surface area contributed by atoms with E-state index < -0.39 is 6.04 Å². The SMILES string of the molecule is CC(NC(=O)[C@@H](N)C(C)(C)C)c1ccc(Cl)c(Cl)c1.Cl. The molecule has 3 nitrogen and oxygen atoms in total. The van der Waals surface area contributed by atoms with Crippen molar-refractivity contribution in [3.8, 4) is 0 Å². The number of amides is 1. The van der Waals surface area contributed by atoms with Crippen LogP contribution in [0.3, 0.4) is 0 Å². The predicted octanol–water partition coefficient (Wildman–Crippen LogP) is 3.97. The molecule has 0 saturated carbocycles. The molecule has 0 spiro atoms. The van der Waals surface area contributed by atoms with E-state index in [1.54, 1.807) is 12.1 Å². The molecule has 0 aliphatic carbocycles. The highest BCUT2D eigenvalue weighted by molar-refractivity contribution is 6.42. The summed E-state index contributed by atoms with van der Waals surface area (Å²) in [4.78, 5) is 12.0. The smallest absolute Gasteiger partial charge is 0.237 e. The highest BCUT2D eigenvalue weighted by Gasteiger charge is 2.28. The molecule has 1 unspecified atom stereocenters. The fourth-order valence-corrected chi connectivity index (χ4v) is 1.87. The van der Waals surface area contributed by atoms with Gasteiger partial charge < -0.3 is 11.1 Å². The molecule has 1 amide bonds. The summed E-state index contributed by atoms with van der Waals surface area (Å²) >= 11 is 11.8. The van der Waals surface area contributed by atoms with Crippen LogP contribution < -0.4 is 11.1 Å². The summed E-state index contributed by atoms with van der Waals surface area (Å²) < 4.78 is 0. The van der Waals surface area contributed by atoms with Gasteiger partial charge in [0, 0.05) is 0 Å². The summed E-state index contributed by atoms with van der Waals surface area (Å²) in [6.07, 6.45) is 0. The lowest BCUT2D eigenvalue weighted by molar-refractivity contribution is -0.125. The van der Waals surface area contributed by atoms with E-state index in [1.165, 1.54) is 0 Å². The zero-order chi connectivity index (χ0) is 14.8. The number of rotatable bonds is 3. The molecule has 0 bridgehead atoms. The summed E-state index contributed by atoms with van der Waals surface area (Å²) in [6.45, 7) is 7.68. The summed E-state index contributed by atoms with van der Waals surface area (Å²) in [7, 11) is 0. The Morgan fingerprint density at radius 1 is 1.25 bits per heavy atom. The van der Waals surface area contributed by atoms with E-state index in [2.05, 4.69) is 5.32 Å². The molecule has 0 aliphatic rings. The van der Waals surface area contributed by atoms with Crippen LogP contribution in [0.5, 0.6) is 0 Å². The molecule has 6 heteroatoms. The first-order chi connectivity index (χ1) is 8.62. The predicted molar refractivity (Wildman–Crippen MR) is 87.7 cm³/mol. The van der Waals surface area contributed by atoms with Crippen molar-refractivity contribution in [3.05, 3.63) is 33.8 Å². The molecular weight excluding hydrogens is 319 g/mol. The van der Waals surface area contributed by atoms with E-state index >= 15 is 0 Å². The Labute approximate surface area is 136 Å². The van der Waals surface area contributed by atoms with E-state index in [0.29, 0.717) is 10.0 Å². The van der Waals surface area contributed by atoms with Crippen LogP contribution in [0.2, 0.25) is 10.0 Å². The van der Waals surface area contributed by atoms with Gasteiger partial charge in [-0.15, -0.1) is 12.4 Å². The van der Waals surface area contributed by atoms with E-state index in [0.717, 1.165) is 5.56 Å². The Balaban J connectivity index is 0.00000361. The van der Waals surface area contributed by atoms with Crippen molar-refractivity contribution in [2.45, 2.75) is 39.8 Å². The topological polar surface area (TPSA) is 55.1 Å². The zero-order valence-electron chi connectivity index (χ0n) is 12.0. The van der Waals surface area contributed by atoms with Gasteiger partial charge in [0.05, 0.1) is 22.1 Å². The van der Waals surface area contributed by atoms with Gasteiger partial charge in [-0.25, -0.2) is 0 Å². The Hall–Kier alpha value is -0.480. The van der Waals surface area contributed by atoms with Crippen molar-refractivity contribution in [2.24, 2.45) is 11.1 Å². The maximum atomic E-state index is 12.0. The van der Waals surface area contributed by atoms with Gasteiger partial charge in [0.15, 0.2) is 0 Å². The molecule has 0 saturated heterocycles. The first-order valence-electron chi connectivity index (χ1n) is 6.14. The van der Waals surface area contributed by atoms with Crippen LogP contribution in [0.1, 0.15) is 39.3 Å². The van der Waals surface area contributed by atoms with Crippen molar-refractivity contribution >= 4 is 41.5 Å². The molecule has 0 aliphatic heterocycles. The molecule has 1 aromatic rings. The van der Waals surface area contributed by atoms with Gasteiger partial charge in [0.2, 0.25) is 5.91 Å². The van der Waals surface area contributed by atoms with Gasteiger partial charge in [-0.05, 0) is 30.0 Å². The zero-order valence-corrected chi connectivity index (χ0v) is 14.4.